The van der Waals surface area contributed by atoms with Gasteiger partial charge in [-0.3, -0.25) is 19.4 Å². The number of esters is 1. The lowest BCUT2D eigenvalue weighted by atomic mass is 10.0. The van der Waals surface area contributed by atoms with Crippen LogP contribution in [-0.2, 0) is 45.2 Å². The number of carbonyl (C=O) groups is 4. The van der Waals surface area contributed by atoms with Gasteiger partial charge < -0.3 is 42.5 Å². The van der Waals surface area contributed by atoms with Gasteiger partial charge in [0.1, 0.15) is 12.6 Å². The van der Waals surface area contributed by atoms with Crippen molar-refractivity contribution in [3.05, 3.63) is 71.4 Å². The summed E-state index contributed by atoms with van der Waals surface area (Å²) in [6.07, 6.45) is 2.40. The number of carbonyl (C=O) groups excluding carboxylic acids is 4. The topological polar surface area (TPSA) is 214 Å². The molecule has 1 atom stereocenters. The third kappa shape index (κ3) is 8.98. The van der Waals surface area contributed by atoms with E-state index in [1.54, 1.807) is 42.0 Å². The number of fused-ring (bicyclic) bond motifs is 1. The van der Waals surface area contributed by atoms with Gasteiger partial charge in [0, 0.05) is 36.7 Å². The summed E-state index contributed by atoms with van der Waals surface area (Å²) in [6.45, 7) is 2.64. The van der Waals surface area contributed by atoms with Crippen LogP contribution in [0, 0.1) is 0 Å². The number of para-hydroxylation sites is 1. The molecule has 3 aromatic rings. The van der Waals surface area contributed by atoms with Crippen molar-refractivity contribution in [1.29, 1.82) is 0 Å². The summed E-state index contributed by atoms with van der Waals surface area (Å²) < 4.78 is 6.86. The number of aromatic nitrogens is 1. The first-order valence-electron chi connectivity index (χ1n) is 13.6. The number of amides is 4. The van der Waals surface area contributed by atoms with E-state index in [1.807, 2.05) is 24.3 Å². The minimum Gasteiger partial charge on any atom is -0.465 e. The van der Waals surface area contributed by atoms with Gasteiger partial charge in [0.05, 0.1) is 13.0 Å². The summed E-state index contributed by atoms with van der Waals surface area (Å²) in [7, 11) is 0. The van der Waals surface area contributed by atoms with Crippen molar-refractivity contribution in [3.8, 4) is 0 Å². The number of benzene rings is 2. The normalized spacial score (nSPS) is 11.5. The molecule has 0 aliphatic heterocycles. The molecule has 0 saturated carbocycles. The Kier molecular flexibility index (Phi) is 11.3. The minimum atomic E-state index is -0.921. The van der Waals surface area contributed by atoms with E-state index in [9.17, 15) is 19.2 Å². The Hall–Kier alpha value is -5.07. The van der Waals surface area contributed by atoms with Crippen LogP contribution in [0.15, 0.2) is 59.7 Å². The average molecular weight is 579 g/mol. The molecule has 3 rings (SSSR count). The van der Waals surface area contributed by atoms with Crippen molar-refractivity contribution in [2.45, 2.75) is 51.9 Å². The van der Waals surface area contributed by atoms with E-state index >= 15 is 0 Å². The molecule has 224 valence electrons. The van der Waals surface area contributed by atoms with Gasteiger partial charge in [-0.05, 0) is 42.5 Å². The monoisotopic (exact) mass is 578 g/mol. The highest BCUT2D eigenvalue weighted by atomic mass is 16.5. The molecule has 1 heterocycles. The van der Waals surface area contributed by atoms with Crippen molar-refractivity contribution in [2.75, 3.05) is 13.2 Å². The molecule has 2 aromatic carbocycles. The maximum Gasteiger partial charge on any atom is 0.325 e. The molecule has 13 heteroatoms. The number of ether oxygens (including phenoxy) is 1. The molecule has 13 nitrogen and oxygen atoms in total. The minimum absolute atomic E-state index is 0.00206. The first-order chi connectivity index (χ1) is 20.1. The van der Waals surface area contributed by atoms with E-state index in [0.717, 1.165) is 22.0 Å². The predicted molar refractivity (Wildman–Crippen MR) is 159 cm³/mol. The molecule has 1 aromatic heterocycles. The Morgan fingerprint density at radius 2 is 1.69 bits per heavy atom. The van der Waals surface area contributed by atoms with E-state index in [-0.39, 0.29) is 63.5 Å². The fraction of sp³-hybridized carbons (Fsp3) is 0.345. The SMILES string of the molecule is CCOC(=O)Cn1cc(CC(=O)N(Cc2ccc(CNC(N)=O)cc2)[C@H](CCCN=C(N)N)C(N)=O)c2ccccc21. The molecular formula is C29H38N8O5. The maximum absolute atomic E-state index is 13.9. The van der Waals surface area contributed by atoms with Gasteiger partial charge >= 0.3 is 12.0 Å². The van der Waals surface area contributed by atoms with Gasteiger partial charge in [0.2, 0.25) is 11.8 Å². The lowest BCUT2D eigenvalue weighted by Gasteiger charge is -2.30. The quantitative estimate of drug-likeness (QED) is 0.0758. The van der Waals surface area contributed by atoms with Crippen molar-refractivity contribution >= 4 is 40.7 Å². The Balaban J connectivity index is 1.90. The van der Waals surface area contributed by atoms with Crippen LogP contribution in [0.2, 0.25) is 0 Å². The summed E-state index contributed by atoms with van der Waals surface area (Å²) in [5.41, 5.74) is 24.8. The largest absolute Gasteiger partial charge is 0.465 e. The van der Waals surface area contributed by atoms with Crippen LogP contribution in [0.1, 0.15) is 36.5 Å². The fourth-order valence-corrected chi connectivity index (χ4v) is 4.67. The Labute approximate surface area is 243 Å². The van der Waals surface area contributed by atoms with Gasteiger partial charge in [-0.15, -0.1) is 0 Å². The third-order valence-electron chi connectivity index (χ3n) is 6.62. The van der Waals surface area contributed by atoms with E-state index < -0.39 is 18.0 Å². The molecule has 42 heavy (non-hydrogen) atoms. The second kappa shape index (κ2) is 15.1. The van der Waals surface area contributed by atoms with Crippen LogP contribution in [0.3, 0.4) is 0 Å². The van der Waals surface area contributed by atoms with Crippen LogP contribution in [-0.4, -0.2) is 58.4 Å². The predicted octanol–water partition coefficient (Wildman–Crippen LogP) is 0.852. The summed E-state index contributed by atoms with van der Waals surface area (Å²) in [6, 6.07) is 13.1. The molecule has 0 aliphatic rings. The number of nitrogens with zero attached hydrogens (tertiary/aromatic N) is 3. The average Bonchev–Trinajstić information content (AvgIpc) is 3.27. The lowest BCUT2D eigenvalue weighted by Crippen LogP contribution is -2.48. The molecule has 9 N–H and O–H groups in total. The number of nitrogens with two attached hydrogens (primary N) is 4. The maximum atomic E-state index is 13.9. The molecular weight excluding hydrogens is 540 g/mol. The van der Waals surface area contributed by atoms with Crippen molar-refractivity contribution in [2.24, 2.45) is 27.9 Å². The van der Waals surface area contributed by atoms with Crippen LogP contribution in [0.5, 0.6) is 0 Å². The number of aliphatic imine (C=N–C) groups is 1. The molecule has 0 bridgehead atoms. The smallest absolute Gasteiger partial charge is 0.325 e. The number of urea groups is 1. The number of guanidine groups is 1. The number of nitrogens with one attached hydrogen (secondary N) is 1. The number of primary amides is 2. The van der Waals surface area contributed by atoms with E-state index in [1.165, 1.54) is 4.90 Å². The third-order valence-corrected chi connectivity index (χ3v) is 6.62. The van der Waals surface area contributed by atoms with E-state index in [4.69, 9.17) is 27.7 Å². The Morgan fingerprint density at radius 1 is 1.00 bits per heavy atom. The highest BCUT2D eigenvalue weighted by Crippen LogP contribution is 2.24. The molecule has 0 unspecified atom stereocenters. The van der Waals surface area contributed by atoms with Gasteiger partial charge in [0.15, 0.2) is 5.96 Å². The summed E-state index contributed by atoms with van der Waals surface area (Å²) in [5.74, 6) is -1.43. The zero-order chi connectivity index (χ0) is 30.6. The fourth-order valence-electron chi connectivity index (χ4n) is 4.67. The summed E-state index contributed by atoms with van der Waals surface area (Å²) >= 11 is 0. The summed E-state index contributed by atoms with van der Waals surface area (Å²) in [5, 5.41) is 3.34. The lowest BCUT2D eigenvalue weighted by molar-refractivity contribution is -0.143. The zero-order valence-electron chi connectivity index (χ0n) is 23.6. The molecule has 0 fully saturated rings. The number of hydrogen-bond donors (Lipinski definition) is 5. The molecule has 4 amide bonds. The highest BCUT2D eigenvalue weighted by molar-refractivity contribution is 5.92. The Bertz CT molecular complexity index is 1430. The highest BCUT2D eigenvalue weighted by Gasteiger charge is 2.29. The summed E-state index contributed by atoms with van der Waals surface area (Å²) in [4.78, 5) is 55.2. The zero-order valence-corrected chi connectivity index (χ0v) is 23.6. The molecule has 0 saturated heterocycles. The standard InChI is InChI=1S/C29H38N8O5/c1-2-42-26(39)18-36-17-21(22-6-3-4-7-23(22)36)14-25(38)37(24(27(30)40)8-5-13-34-28(31)32)16-20-11-9-19(10-12-20)15-35-29(33)41/h3-4,6-7,9-12,17,24H,2,5,8,13-16,18H2,1H3,(H2,30,40)(H4,31,32,34)(H3,33,35,41)/t24-/m1/s1. The number of hydrogen-bond acceptors (Lipinski definition) is 6. The van der Waals surface area contributed by atoms with Gasteiger partial charge in [-0.2, -0.15) is 0 Å². The first kappa shape index (κ1) is 31.5. The van der Waals surface area contributed by atoms with Crippen LogP contribution < -0.4 is 28.3 Å². The first-order valence-corrected chi connectivity index (χ1v) is 13.6. The van der Waals surface area contributed by atoms with Crippen molar-refractivity contribution in [3.63, 3.8) is 0 Å². The van der Waals surface area contributed by atoms with Crippen LogP contribution in [0.4, 0.5) is 4.79 Å². The van der Waals surface area contributed by atoms with Gasteiger partial charge in [-0.25, -0.2) is 4.79 Å². The second-order valence-corrected chi connectivity index (χ2v) is 9.70. The van der Waals surface area contributed by atoms with Crippen LogP contribution >= 0.6 is 0 Å². The second-order valence-electron chi connectivity index (χ2n) is 9.70. The van der Waals surface area contributed by atoms with Crippen molar-refractivity contribution < 1.29 is 23.9 Å². The Morgan fingerprint density at radius 3 is 2.33 bits per heavy atom. The number of rotatable bonds is 15. The molecule has 0 spiro atoms. The van der Waals surface area contributed by atoms with Crippen molar-refractivity contribution in [1.82, 2.24) is 14.8 Å². The molecule has 0 aliphatic carbocycles. The van der Waals surface area contributed by atoms with E-state index in [0.29, 0.717) is 12.0 Å². The molecule has 0 radical (unpaired) electrons. The van der Waals surface area contributed by atoms with Crippen LogP contribution in [0.25, 0.3) is 10.9 Å². The van der Waals surface area contributed by atoms with E-state index in [2.05, 4.69) is 10.3 Å². The van der Waals surface area contributed by atoms with Gasteiger partial charge in [0.25, 0.3) is 0 Å². The van der Waals surface area contributed by atoms with Gasteiger partial charge in [-0.1, -0.05) is 42.5 Å².